The zero-order valence-corrected chi connectivity index (χ0v) is 10.6. The molecule has 0 aliphatic rings. The predicted molar refractivity (Wildman–Crippen MR) is 71.9 cm³/mol. The standard InChI is InChI=1S/C14H9BrN2/c15-13-5-3-4-11(9-13)8-12(10-16)14-6-1-2-7-17-14/h1-9H/b12-8+. The van der Waals surface area contributed by atoms with Crippen molar-refractivity contribution in [2.45, 2.75) is 0 Å². The van der Waals surface area contributed by atoms with E-state index in [2.05, 4.69) is 27.0 Å². The molecule has 1 aromatic heterocycles. The Labute approximate surface area is 108 Å². The summed E-state index contributed by atoms with van der Waals surface area (Å²) in [4.78, 5) is 4.17. The number of hydrogen-bond donors (Lipinski definition) is 0. The van der Waals surface area contributed by atoms with Crippen molar-refractivity contribution in [2.75, 3.05) is 0 Å². The van der Waals surface area contributed by atoms with Gasteiger partial charge < -0.3 is 0 Å². The third kappa shape index (κ3) is 3.02. The molecule has 0 N–H and O–H groups in total. The van der Waals surface area contributed by atoms with Gasteiger partial charge in [-0.2, -0.15) is 5.26 Å². The molecule has 0 aliphatic heterocycles. The topological polar surface area (TPSA) is 36.7 Å². The van der Waals surface area contributed by atoms with Crippen LogP contribution in [0.25, 0.3) is 11.6 Å². The summed E-state index contributed by atoms with van der Waals surface area (Å²) in [6.45, 7) is 0. The molecule has 0 saturated carbocycles. The lowest BCUT2D eigenvalue weighted by Crippen LogP contribution is -1.85. The fourth-order valence-electron chi connectivity index (χ4n) is 1.45. The highest BCUT2D eigenvalue weighted by atomic mass is 79.9. The quantitative estimate of drug-likeness (QED) is 0.784. The summed E-state index contributed by atoms with van der Waals surface area (Å²) in [5.74, 6) is 0. The van der Waals surface area contributed by atoms with Crippen molar-refractivity contribution in [3.63, 3.8) is 0 Å². The molecule has 2 nitrogen and oxygen atoms in total. The molecule has 0 spiro atoms. The molecule has 82 valence electrons. The van der Waals surface area contributed by atoms with E-state index >= 15 is 0 Å². The zero-order chi connectivity index (χ0) is 12.1. The molecule has 0 fully saturated rings. The molecule has 0 radical (unpaired) electrons. The van der Waals surface area contributed by atoms with E-state index in [4.69, 9.17) is 5.26 Å². The van der Waals surface area contributed by atoms with E-state index in [0.29, 0.717) is 11.3 Å². The number of hydrogen-bond acceptors (Lipinski definition) is 2. The first-order chi connectivity index (χ1) is 8.29. The van der Waals surface area contributed by atoms with Crippen molar-refractivity contribution in [3.05, 3.63) is 64.4 Å². The Kier molecular flexibility index (Phi) is 3.69. The Bertz CT molecular complexity index is 583. The zero-order valence-electron chi connectivity index (χ0n) is 8.97. The number of aromatic nitrogens is 1. The van der Waals surface area contributed by atoms with Crippen LogP contribution in [0.4, 0.5) is 0 Å². The second-order valence-electron chi connectivity index (χ2n) is 3.44. The van der Waals surface area contributed by atoms with Crippen molar-refractivity contribution in [2.24, 2.45) is 0 Å². The lowest BCUT2D eigenvalue weighted by molar-refractivity contribution is 1.28. The van der Waals surface area contributed by atoms with Gasteiger partial charge in [-0.3, -0.25) is 4.98 Å². The number of benzene rings is 1. The Morgan fingerprint density at radius 1 is 1.24 bits per heavy atom. The Morgan fingerprint density at radius 3 is 2.76 bits per heavy atom. The molecule has 0 saturated heterocycles. The van der Waals surface area contributed by atoms with Crippen LogP contribution in [0, 0.1) is 11.3 Å². The van der Waals surface area contributed by atoms with Gasteiger partial charge in [0.05, 0.1) is 11.3 Å². The van der Waals surface area contributed by atoms with E-state index in [1.807, 2.05) is 48.5 Å². The van der Waals surface area contributed by atoms with Crippen LogP contribution < -0.4 is 0 Å². The Morgan fingerprint density at radius 2 is 2.12 bits per heavy atom. The number of pyridine rings is 1. The van der Waals surface area contributed by atoms with Crippen molar-refractivity contribution >= 4 is 27.6 Å². The first kappa shape index (κ1) is 11.6. The van der Waals surface area contributed by atoms with Crippen LogP contribution in [-0.4, -0.2) is 4.98 Å². The number of nitrogens with zero attached hydrogens (tertiary/aromatic N) is 2. The first-order valence-electron chi connectivity index (χ1n) is 5.08. The molecule has 0 unspecified atom stereocenters. The lowest BCUT2D eigenvalue weighted by atomic mass is 10.1. The van der Waals surface area contributed by atoms with Crippen molar-refractivity contribution < 1.29 is 0 Å². The molecule has 2 rings (SSSR count). The molecule has 1 aromatic carbocycles. The van der Waals surface area contributed by atoms with Crippen LogP contribution in [0.5, 0.6) is 0 Å². The smallest absolute Gasteiger partial charge is 0.101 e. The van der Waals surface area contributed by atoms with Crippen LogP contribution in [-0.2, 0) is 0 Å². The minimum absolute atomic E-state index is 0.559. The van der Waals surface area contributed by atoms with E-state index in [-0.39, 0.29) is 0 Å². The highest BCUT2D eigenvalue weighted by Gasteiger charge is 2.01. The third-order valence-electron chi connectivity index (χ3n) is 2.22. The largest absolute Gasteiger partial charge is 0.256 e. The molecule has 0 atom stereocenters. The Hall–Kier alpha value is -1.92. The van der Waals surface area contributed by atoms with Gasteiger partial charge in [-0.1, -0.05) is 34.1 Å². The molecule has 2 aromatic rings. The maximum atomic E-state index is 9.14. The second kappa shape index (κ2) is 5.42. The van der Waals surface area contributed by atoms with Crippen LogP contribution in [0.15, 0.2) is 53.1 Å². The van der Waals surface area contributed by atoms with Crippen LogP contribution >= 0.6 is 15.9 Å². The number of allylic oxidation sites excluding steroid dienone is 1. The van der Waals surface area contributed by atoms with Gasteiger partial charge in [0.15, 0.2) is 0 Å². The number of nitriles is 1. The molecule has 1 heterocycles. The first-order valence-corrected chi connectivity index (χ1v) is 5.87. The van der Waals surface area contributed by atoms with Crippen LogP contribution in [0.3, 0.4) is 0 Å². The van der Waals surface area contributed by atoms with E-state index in [9.17, 15) is 0 Å². The van der Waals surface area contributed by atoms with Crippen molar-refractivity contribution in [3.8, 4) is 6.07 Å². The summed E-state index contributed by atoms with van der Waals surface area (Å²) >= 11 is 3.40. The Balaban J connectivity index is 2.41. The fourth-order valence-corrected chi connectivity index (χ4v) is 1.87. The van der Waals surface area contributed by atoms with Crippen molar-refractivity contribution in [1.29, 1.82) is 5.26 Å². The maximum Gasteiger partial charge on any atom is 0.101 e. The summed E-state index contributed by atoms with van der Waals surface area (Å²) in [6.07, 6.45) is 3.51. The summed E-state index contributed by atoms with van der Waals surface area (Å²) < 4.78 is 0.990. The molecule has 0 aliphatic carbocycles. The monoisotopic (exact) mass is 284 g/mol. The SMILES string of the molecule is N#C/C(=C\c1cccc(Br)c1)c1ccccn1. The summed E-state index contributed by atoms with van der Waals surface area (Å²) in [5.41, 5.74) is 2.22. The van der Waals surface area contributed by atoms with Gasteiger partial charge in [-0.05, 0) is 35.9 Å². The maximum absolute atomic E-state index is 9.14. The van der Waals surface area contributed by atoms with E-state index in [1.165, 1.54) is 0 Å². The minimum Gasteiger partial charge on any atom is -0.256 e. The van der Waals surface area contributed by atoms with E-state index in [0.717, 1.165) is 10.0 Å². The number of rotatable bonds is 2. The van der Waals surface area contributed by atoms with Gasteiger partial charge in [0, 0.05) is 10.7 Å². The molecule has 0 bridgehead atoms. The van der Waals surface area contributed by atoms with Gasteiger partial charge in [0.2, 0.25) is 0 Å². The van der Waals surface area contributed by atoms with Gasteiger partial charge in [-0.25, -0.2) is 0 Å². The molecule has 0 amide bonds. The normalized spacial score (nSPS) is 10.9. The van der Waals surface area contributed by atoms with E-state index in [1.54, 1.807) is 6.20 Å². The summed E-state index contributed by atoms with van der Waals surface area (Å²) in [6, 6.07) is 15.5. The van der Waals surface area contributed by atoms with Gasteiger partial charge in [0.1, 0.15) is 6.07 Å². The predicted octanol–water partition coefficient (Wildman–Crippen LogP) is 3.91. The molecule has 3 heteroatoms. The van der Waals surface area contributed by atoms with E-state index < -0.39 is 0 Å². The average molecular weight is 285 g/mol. The second-order valence-corrected chi connectivity index (χ2v) is 4.36. The summed E-state index contributed by atoms with van der Waals surface area (Å²) in [5, 5.41) is 9.14. The van der Waals surface area contributed by atoms with Crippen LogP contribution in [0.1, 0.15) is 11.3 Å². The summed E-state index contributed by atoms with van der Waals surface area (Å²) in [7, 11) is 0. The molecular formula is C14H9BrN2. The third-order valence-corrected chi connectivity index (χ3v) is 2.71. The highest BCUT2D eigenvalue weighted by Crippen LogP contribution is 2.18. The highest BCUT2D eigenvalue weighted by molar-refractivity contribution is 9.10. The van der Waals surface area contributed by atoms with Gasteiger partial charge in [0.25, 0.3) is 0 Å². The minimum atomic E-state index is 0.559. The number of halogens is 1. The molecule has 17 heavy (non-hydrogen) atoms. The van der Waals surface area contributed by atoms with Gasteiger partial charge >= 0.3 is 0 Å². The van der Waals surface area contributed by atoms with Gasteiger partial charge in [-0.15, -0.1) is 0 Å². The lowest BCUT2D eigenvalue weighted by Gasteiger charge is -1.99. The van der Waals surface area contributed by atoms with Crippen LogP contribution in [0.2, 0.25) is 0 Å². The molecular weight excluding hydrogens is 276 g/mol. The average Bonchev–Trinajstić information content (AvgIpc) is 2.37. The fraction of sp³-hybridized carbons (Fsp3) is 0. The van der Waals surface area contributed by atoms with Crippen molar-refractivity contribution in [1.82, 2.24) is 4.98 Å².